The molecule has 1 rings (SSSR count). The lowest BCUT2D eigenvalue weighted by Crippen LogP contribution is -2.48. The van der Waals surface area contributed by atoms with Crippen LogP contribution in [0.4, 0.5) is 4.79 Å². The second kappa shape index (κ2) is 3.40. The molecule has 0 radical (unpaired) electrons. The number of aliphatic carboxylic acids is 1. The van der Waals surface area contributed by atoms with Crippen LogP contribution in [0.3, 0.4) is 0 Å². The van der Waals surface area contributed by atoms with Crippen LogP contribution in [-0.4, -0.2) is 53.0 Å². The SMILES string of the molecule is O=C(O)[C@H]1CN(C(=O)O)CCO1. The molecule has 0 unspecified atom stereocenters. The molecule has 1 aliphatic rings. The van der Waals surface area contributed by atoms with Crippen molar-refractivity contribution >= 4 is 12.1 Å². The smallest absolute Gasteiger partial charge is 0.407 e. The van der Waals surface area contributed by atoms with Crippen LogP contribution in [-0.2, 0) is 9.53 Å². The van der Waals surface area contributed by atoms with Gasteiger partial charge in [0.05, 0.1) is 13.2 Å². The van der Waals surface area contributed by atoms with Gasteiger partial charge >= 0.3 is 12.1 Å². The Bertz CT molecular complexity index is 184. The van der Waals surface area contributed by atoms with Gasteiger partial charge in [-0.25, -0.2) is 9.59 Å². The maximum Gasteiger partial charge on any atom is 0.407 e. The van der Waals surface area contributed by atoms with Crippen molar-refractivity contribution in [3.63, 3.8) is 0 Å². The molecular weight excluding hydrogens is 166 g/mol. The Morgan fingerprint density at radius 2 is 2.08 bits per heavy atom. The van der Waals surface area contributed by atoms with Crippen LogP contribution in [0.15, 0.2) is 0 Å². The number of ether oxygens (including phenoxy) is 1. The Balaban J connectivity index is 2.51. The first-order chi connectivity index (χ1) is 5.61. The summed E-state index contributed by atoms with van der Waals surface area (Å²) < 4.78 is 4.82. The average Bonchev–Trinajstić information content (AvgIpc) is 2.04. The van der Waals surface area contributed by atoms with Crippen LogP contribution >= 0.6 is 0 Å². The number of carboxylic acid groups (broad SMARTS) is 2. The summed E-state index contributed by atoms with van der Waals surface area (Å²) in [5.41, 5.74) is 0. The van der Waals surface area contributed by atoms with E-state index in [1.54, 1.807) is 0 Å². The van der Waals surface area contributed by atoms with Crippen molar-refractivity contribution in [2.45, 2.75) is 6.10 Å². The number of nitrogens with zero attached hydrogens (tertiary/aromatic N) is 1. The molecule has 0 bridgehead atoms. The van der Waals surface area contributed by atoms with Crippen molar-refractivity contribution in [3.8, 4) is 0 Å². The second-order valence-corrected chi connectivity index (χ2v) is 2.43. The molecule has 12 heavy (non-hydrogen) atoms. The molecule has 0 spiro atoms. The highest BCUT2D eigenvalue weighted by molar-refractivity contribution is 5.74. The first-order valence-corrected chi connectivity index (χ1v) is 3.43. The molecule has 1 fully saturated rings. The van der Waals surface area contributed by atoms with Gasteiger partial charge in [-0.1, -0.05) is 0 Å². The zero-order chi connectivity index (χ0) is 9.14. The average molecular weight is 175 g/mol. The summed E-state index contributed by atoms with van der Waals surface area (Å²) in [6.45, 7) is 0.285. The number of rotatable bonds is 1. The van der Waals surface area contributed by atoms with E-state index in [1.165, 1.54) is 0 Å². The van der Waals surface area contributed by atoms with Gasteiger partial charge in [0.15, 0.2) is 6.10 Å². The van der Waals surface area contributed by atoms with Gasteiger partial charge in [-0.15, -0.1) is 0 Å². The normalized spacial score (nSPS) is 23.7. The van der Waals surface area contributed by atoms with Crippen LogP contribution in [0.1, 0.15) is 0 Å². The van der Waals surface area contributed by atoms with Gasteiger partial charge in [-0.05, 0) is 0 Å². The fraction of sp³-hybridized carbons (Fsp3) is 0.667. The minimum atomic E-state index is -1.12. The molecule has 1 heterocycles. The van der Waals surface area contributed by atoms with Crippen molar-refractivity contribution in [3.05, 3.63) is 0 Å². The summed E-state index contributed by atoms with van der Waals surface area (Å²) in [4.78, 5) is 21.8. The fourth-order valence-corrected chi connectivity index (χ4v) is 0.972. The van der Waals surface area contributed by atoms with Gasteiger partial charge < -0.3 is 19.8 Å². The highest BCUT2D eigenvalue weighted by Gasteiger charge is 2.28. The minimum Gasteiger partial charge on any atom is -0.479 e. The molecule has 0 saturated carbocycles. The number of carboxylic acids is 1. The lowest BCUT2D eigenvalue weighted by molar-refractivity contribution is -0.154. The first kappa shape index (κ1) is 8.79. The number of morpholine rings is 1. The lowest BCUT2D eigenvalue weighted by Gasteiger charge is -2.28. The van der Waals surface area contributed by atoms with Gasteiger partial charge in [0.1, 0.15) is 0 Å². The number of amides is 1. The van der Waals surface area contributed by atoms with Crippen molar-refractivity contribution in [1.82, 2.24) is 4.90 Å². The summed E-state index contributed by atoms with van der Waals surface area (Å²) >= 11 is 0. The van der Waals surface area contributed by atoms with E-state index >= 15 is 0 Å². The standard InChI is InChI=1S/C6H9NO5/c8-5(9)4-3-7(6(10)11)1-2-12-4/h4H,1-3H2,(H,8,9)(H,10,11)/t4-/m1/s1. The molecule has 1 amide bonds. The first-order valence-electron chi connectivity index (χ1n) is 3.43. The summed E-state index contributed by atoms with van der Waals surface area (Å²) in [5, 5.41) is 17.0. The molecule has 0 aromatic rings. The van der Waals surface area contributed by atoms with Gasteiger partial charge in [-0.3, -0.25) is 0 Å². The molecular formula is C6H9NO5. The Morgan fingerprint density at radius 1 is 1.42 bits per heavy atom. The maximum absolute atomic E-state index is 10.4. The highest BCUT2D eigenvalue weighted by Crippen LogP contribution is 2.04. The Hall–Kier alpha value is -1.30. The van der Waals surface area contributed by atoms with Gasteiger partial charge in [0.2, 0.25) is 0 Å². The number of hydrogen-bond acceptors (Lipinski definition) is 3. The third kappa shape index (κ3) is 1.85. The zero-order valence-electron chi connectivity index (χ0n) is 6.27. The highest BCUT2D eigenvalue weighted by atomic mass is 16.5. The van der Waals surface area contributed by atoms with E-state index in [9.17, 15) is 9.59 Å². The molecule has 6 heteroatoms. The molecule has 0 aliphatic carbocycles. The Kier molecular flexibility index (Phi) is 2.49. The largest absolute Gasteiger partial charge is 0.479 e. The monoisotopic (exact) mass is 175 g/mol. The van der Waals surface area contributed by atoms with E-state index in [0.29, 0.717) is 0 Å². The van der Waals surface area contributed by atoms with Crippen LogP contribution in [0.25, 0.3) is 0 Å². The quantitative estimate of drug-likeness (QED) is 0.558. The van der Waals surface area contributed by atoms with Crippen LogP contribution < -0.4 is 0 Å². The molecule has 68 valence electrons. The van der Waals surface area contributed by atoms with Crippen LogP contribution in [0.5, 0.6) is 0 Å². The third-order valence-electron chi connectivity index (χ3n) is 1.61. The molecule has 2 N–H and O–H groups in total. The summed E-state index contributed by atoms with van der Waals surface area (Å²) in [6, 6.07) is 0. The predicted molar refractivity (Wildman–Crippen MR) is 37.0 cm³/mol. The number of hydrogen-bond donors (Lipinski definition) is 2. The van der Waals surface area contributed by atoms with Crippen molar-refractivity contribution in [2.24, 2.45) is 0 Å². The van der Waals surface area contributed by atoms with Crippen molar-refractivity contribution in [1.29, 1.82) is 0 Å². The van der Waals surface area contributed by atoms with Gasteiger partial charge in [-0.2, -0.15) is 0 Å². The molecule has 1 aliphatic heterocycles. The second-order valence-electron chi connectivity index (χ2n) is 2.43. The van der Waals surface area contributed by atoms with Crippen molar-refractivity contribution in [2.75, 3.05) is 19.7 Å². The van der Waals surface area contributed by atoms with E-state index in [4.69, 9.17) is 14.9 Å². The van der Waals surface area contributed by atoms with Crippen LogP contribution in [0, 0.1) is 0 Å². The third-order valence-corrected chi connectivity index (χ3v) is 1.61. The molecule has 0 aromatic heterocycles. The predicted octanol–water partition coefficient (Wildman–Crippen LogP) is -0.550. The molecule has 1 atom stereocenters. The van der Waals surface area contributed by atoms with E-state index in [0.717, 1.165) is 4.90 Å². The Morgan fingerprint density at radius 3 is 2.58 bits per heavy atom. The minimum absolute atomic E-state index is 0.0926. The summed E-state index contributed by atoms with van der Waals surface area (Å²) in [7, 11) is 0. The number of carbonyl (C=O) groups is 2. The topological polar surface area (TPSA) is 87.1 Å². The Labute approximate surface area is 68.3 Å². The lowest BCUT2D eigenvalue weighted by atomic mass is 10.3. The van der Waals surface area contributed by atoms with Crippen LogP contribution in [0.2, 0.25) is 0 Å². The maximum atomic E-state index is 10.4. The fourth-order valence-electron chi connectivity index (χ4n) is 0.972. The van der Waals surface area contributed by atoms with Gasteiger partial charge in [0.25, 0.3) is 0 Å². The molecule has 6 nitrogen and oxygen atoms in total. The molecule has 0 aromatic carbocycles. The zero-order valence-corrected chi connectivity index (χ0v) is 6.27. The molecule has 1 saturated heterocycles. The van der Waals surface area contributed by atoms with E-state index in [2.05, 4.69) is 0 Å². The van der Waals surface area contributed by atoms with E-state index in [-0.39, 0.29) is 19.7 Å². The van der Waals surface area contributed by atoms with E-state index < -0.39 is 18.2 Å². The van der Waals surface area contributed by atoms with Gasteiger partial charge in [0, 0.05) is 6.54 Å². The summed E-state index contributed by atoms with van der Waals surface area (Å²) in [5.74, 6) is -1.12. The van der Waals surface area contributed by atoms with E-state index in [1.807, 2.05) is 0 Å². The summed E-state index contributed by atoms with van der Waals surface area (Å²) in [6.07, 6.45) is -2.13. The van der Waals surface area contributed by atoms with Crippen molar-refractivity contribution < 1.29 is 24.5 Å².